The molecule has 7 heteroatoms. The van der Waals surface area contributed by atoms with Gasteiger partial charge in [0.15, 0.2) is 0 Å². The largest absolute Gasteiger partial charge is 0.478 e. The van der Waals surface area contributed by atoms with Crippen LogP contribution in [0.2, 0.25) is 0 Å². The summed E-state index contributed by atoms with van der Waals surface area (Å²) in [5.41, 5.74) is 1.00. The molecule has 138 valence electrons. The molecule has 0 spiro atoms. The molecule has 0 saturated carbocycles. The number of rotatable bonds is 5. The molecule has 2 N–H and O–H groups in total. The first-order valence-corrected chi connectivity index (χ1v) is 8.88. The van der Waals surface area contributed by atoms with E-state index in [0.29, 0.717) is 11.5 Å². The summed E-state index contributed by atoms with van der Waals surface area (Å²) in [5.74, 6) is -0.815. The number of carboxylic acids is 1. The van der Waals surface area contributed by atoms with E-state index in [-0.39, 0.29) is 16.8 Å². The van der Waals surface area contributed by atoms with Gasteiger partial charge in [-0.25, -0.2) is 4.79 Å². The third kappa shape index (κ3) is 4.55. The lowest BCUT2D eigenvalue weighted by atomic mass is 10.2. The molecular formula is C21H13BrN2O4. The Morgan fingerprint density at radius 2 is 1.86 bits per heavy atom. The lowest BCUT2D eigenvalue weighted by molar-refractivity contribution is -0.112. The van der Waals surface area contributed by atoms with Gasteiger partial charge in [-0.15, -0.1) is 0 Å². The van der Waals surface area contributed by atoms with Crippen LogP contribution in [0, 0.1) is 11.3 Å². The highest BCUT2D eigenvalue weighted by molar-refractivity contribution is 9.10. The fourth-order valence-corrected chi connectivity index (χ4v) is 2.68. The number of nitrogens with one attached hydrogen (secondary N) is 1. The van der Waals surface area contributed by atoms with Crippen molar-refractivity contribution in [2.45, 2.75) is 0 Å². The Morgan fingerprint density at radius 3 is 2.54 bits per heavy atom. The molecule has 0 radical (unpaired) electrons. The number of hydrogen-bond donors (Lipinski definition) is 2. The van der Waals surface area contributed by atoms with Crippen LogP contribution in [0.4, 0.5) is 5.69 Å². The number of nitrogens with zero attached hydrogens (tertiary/aromatic N) is 1. The molecule has 0 aliphatic carbocycles. The standard InChI is InChI=1S/C21H13BrN2O4/c22-16-6-4-13(5-7-16)19-9-8-18(28-19)11-15(12-23)20(25)24-17-3-1-2-14(10-17)21(26)27/h1-11H,(H,24,25)(H,26,27)/b15-11+. The van der Waals surface area contributed by atoms with E-state index in [1.165, 1.54) is 30.3 Å². The third-order valence-corrected chi connectivity index (χ3v) is 4.30. The van der Waals surface area contributed by atoms with Crippen molar-refractivity contribution in [1.29, 1.82) is 5.26 Å². The number of carbonyl (C=O) groups is 2. The van der Waals surface area contributed by atoms with E-state index in [2.05, 4.69) is 21.2 Å². The van der Waals surface area contributed by atoms with Gasteiger partial charge in [0.05, 0.1) is 5.56 Å². The fraction of sp³-hybridized carbons (Fsp3) is 0. The maximum Gasteiger partial charge on any atom is 0.335 e. The average molecular weight is 437 g/mol. The zero-order valence-electron chi connectivity index (χ0n) is 14.3. The van der Waals surface area contributed by atoms with E-state index in [4.69, 9.17) is 9.52 Å². The molecule has 1 amide bonds. The second-order valence-electron chi connectivity index (χ2n) is 5.72. The molecule has 0 saturated heterocycles. The van der Waals surface area contributed by atoms with Crippen LogP contribution >= 0.6 is 15.9 Å². The van der Waals surface area contributed by atoms with Crippen molar-refractivity contribution in [2.75, 3.05) is 5.32 Å². The van der Waals surface area contributed by atoms with Gasteiger partial charge >= 0.3 is 5.97 Å². The van der Waals surface area contributed by atoms with Crippen molar-refractivity contribution in [3.05, 3.63) is 82.0 Å². The number of carboxylic acid groups (broad SMARTS) is 1. The van der Waals surface area contributed by atoms with Gasteiger partial charge in [-0.3, -0.25) is 4.79 Å². The van der Waals surface area contributed by atoms with E-state index < -0.39 is 11.9 Å². The predicted molar refractivity (Wildman–Crippen MR) is 107 cm³/mol. The second kappa shape index (κ2) is 8.37. The van der Waals surface area contributed by atoms with E-state index in [0.717, 1.165) is 10.0 Å². The van der Waals surface area contributed by atoms with E-state index >= 15 is 0 Å². The topological polar surface area (TPSA) is 103 Å². The molecule has 3 rings (SSSR count). The Kier molecular flexibility index (Phi) is 5.72. The summed E-state index contributed by atoms with van der Waals surface area (Å²) < 4.78 is 6.64. The Hall–Kier alpha value is -3.63. The van der Waals surface area contributed by atoms with Gasteiger partial charge in [0, 0.05) is 21.8 Å². The van der Waals surface area contributed by atoms with Crippen LogP contribution in [-0.2, 0) is 4.79 Å². The summed E-state index contributed by atoms with van der Waals surface area (Å²) in [7, 11) is 0. The monoisotopic (exact) mass is 436 g/mol. The van der Waals surface area contributed by atoms with Gasteiger partial charge in [0.25, 0.3) is 5.91 Å². The number of halogens is 1. The SMILES string of the molecule is N#C/C(=C\c1ccc(-c2ccc(Br)cc2)o1)C(=O)Nc1cccc(C(=O)O)c1. The first-order valence-electron chi connectivity index (χ1n) is 8.08. The maximum atomic E-state index is 12.3. The minimum Gasteiger partial charge on any atom is -0.478 e. The Bertz CT molecular complexity index is 1110. The summed E-state index contributed by atoms with van der Waals surface area (Å²) in [6.45, 7) is 0. The summed E-state index contributed by atoms with van der Waals surface area (Å²) in [6.07, 6.45) is 1.33. The van der Waals surface area contributed by atoms with Crippen LogP contribution < -0.4 is 5.32 Å². The summed E-state index contributed by atoms with van der Waals surface area (Å²) in [4.78, 5) is 23.4. The Balaban J connectivity index is 1.79. The molecule has 0 bridgehead atoms. The Morgan fingerprint density at radius 1 is 1.11 bits per heavy atom. The van der Waals surface area contributed by atoms with Crippen LogP contribution in [0.1, 0.15) is 16.1 Å². The Labute approximate surface area is 168 Å². The molecule has 0 aliphatic heterocycles. The molecule has 28 heavy (non-hydrogen) atoms. The van der Waals surface area contributed by atoms with Crippen LogP contribution in [-0.4, -0.2) is 17.0 Å². The zero-order chi connectivity index (χ0) is 20.1. The number of amides is 1. The van der Waals surface area contributed by atoms with Crippen LogP contribution in [0.3, 0.4) is 0 Å². The number of anilines is 1. The predicted octanol–water partition coefficient (Wildman–Crippen LogP) is 4.95. The lowest BCUT2D eigenvalue weighted by Crippen LogP contribution is -2.13. The smallest absolute Gasteiger partial charge is 0.335 e. The molecule has 1 heterocycles. The first-order chi connectivity index (χ1) is 13.5. The van der Waals surface area contributed by atoms with E-state index in [1.54, 1.807) is 12.1 Å². The van der Waals surface area contributed by atoms with Crippen LogP contribution in [0.15, 0.2) is 75.1 Å². The molecule has 3 aromatic rings. The van der Waals surface area contributed by atoms with Gasteiger partial charge in [-0.2, -0.15) is 5.26 Å². The summed E-state index contributed by atoms with van der Waals surface area (Å²) >= 11 is 3.37. The zero-order valence-corrected chi connectivity index (χ0v) is 15.9. The van der Waals surface area contributed by atoms with Gasteiger partial charge in [0.2, 0.25) is 0 Å². The summed E-state index contributed by atoms with van der Waals surface area (Å²) in [6, 6.07) is 18.5. The lowest BCUT2D eigenvalue weighted by Gasteiger charge is -2.05. The van der Waals surface area contributed by atoms with Crippen molar-refractivity contribution in [3.8, 4) is 17.4 Å². The molecule has 0 atom stereocenters. The molecule has 6 nitrogen and oxygen atoms in total. The van der Waals surface area contributed by atoms with Crippen molar-refractivity contribution in [3.63, 3.8) is 0 Å². The maximum absolute atomic E-state index is 12.3. The second-order valence-corrected chi connectivity index (χ2v) is 6.63. The third-order valence-electron chi connectivity index (χ3n) is 3.77. The van der Waals surface area contributed by atoms with Gasteiger partial charge < -0.3 is 14.8 Å². The summed E-state index contributed by atoms with van der Waals surface area (Å²) in [5, 5.41) is 20.8. The highest BCUT2D eigenvalue weighted by Crippen LogP contribution is 2.25. The van der Waals surface area contributed by atoms with Crippen molar-refractivity contribution >= 4 is 39.6 Å². The highest BCUT2D eigenvalue weighted by Gasteiger charge is 2.12. The number of nitriles is 1. The van der Waals surface area contributed by atoms with Crippen molar-refractivity contribution < 1.29 is 19.1 Å². The van der Waals surface area contributed by atoms with Crippen molar-refractivity contribution in [2.24, 2.45) is 0 Å². The van der Waals surface area contributed by atoms with Crippen LogP contribution in [0.25, 0.3) is 17.4 Å². The van der Waals surface area contributed by atoms with Crippen molar-refractivity contribution in [1.82, 2.24) is 0 Å². The normalized spacial score (nSPS) is 10.9. The minimum atomic E-state index is -1.11. The van der Waals surface area contributed by atoms with Gasteiger partial charge in [0.1, 0.15) is 23.2 Å². The van der Waals surface area contributed by atoms with Gasteiger partial charge in [-0.1, -0.05) is 34.1 Å². The first kappa shape index (κ1) is 19.1. The average Bonchev–Trinajstić information content (AvgIpc) is 3.15. The molecule has 0 aliphatic rings. The fourth-order valence-electron chi connectivity index (χ4n) is 2.42. The number of aromatic carboxylic acids is 1. The quantitative estimate of drug-likeness (QED) is 0.434. The van der Waals surface area contributed by atoms with E-state index in [9.17, 15) is 14.9 Å². The molecule has 1 aromatic heterocycles. The number of benzene rings is 2. The minimum absolute atomic E-state index is 0.0328. The highest BCUT2D eigenvalue weighted by atomic mass is 79.9. The number of hydrogen-bond acceptors (Lipinski definition) is 4. The molecule has 0 unspecified atom stereocenters. The van der Waals surface area contributed by atoms with E-state index in [1.807, 2.05) is 30.3 Å². The number of furan rings is 1. The molecular weight excluding hydrogens is 424 g/mol. The molecule has 0 fully saturated rings. The number of carbonyl (C=O) groups excluding carboxylic acids is 1. The van der Waals surface area contributed by atoms with Crippen LogP contribution in [0.5, 0.6) is 0 Å². The van der Waals surface area contributed by atoms with Gasteiger partial charge in [-0.05, 0) is 42.5 Å². The molecule has 2 aromatic carbocycles.